The number of amides is 1. The number of nitrogens with one attached hydrogen (secondary N) is 2. The van der Waals surface area contributed by atoms with Crippen LogP contribution in [0.3, 0.4) is 0 Å². The molecule has 1 aliphatic rings. The fourth-order valence-corrected chi connectivity index (χ4v) is 7.17. The zero-order chi connectivity index (χ0) is 41.0. The van der Waals surface area contributed by atoms with Crippen LogP contribution in [0.25, 0.3) is 22.6 Å². The molecule has 1 aliphatic heterocycles. The summed E-state index contributed by atoms with van der Waals surface area (Å²) in [6, 6.07) is 20.2. The first-order valence-corrected chi connectivity index (χ1v) is 19.7. The van der Waals surface area contributed by atoms with Crippen LogP contribution in [0.15, 0.2) is 71.3 Å². The van der Waals surface area contributed by atoms with E-state index in [4.69, 9.17) is 23.5 Å². The molecule has 58 heavy (non-hydrogen) atoms. The molecule has 13 heteroatoms. The Morgan fingerprint density at radius 1 is 0.655 bits per heavy atom. The molecule has 308 valence electrons. The van der Waals surface area contributed by atoms with E-state index in [1.807, 2.05) is 43.3 Å². The van der Waals surface area contributed by atoms with Gasteiger partial charge in [0.2, 0.25) is 5.75 Å². The predicted molar refractivity (Wildman–Crippen MR) is 219 cm³/mol. The maximum Gasteiger partial charge on any atom is 0.255 e. The minimum absolute atomic E-state index is 0.131. The third-order valence-electron chi connectivity index (χ3n) is 10.4. The highest BCUT2D eigenvalue weighted by Gasteiger charge is 2.25. The molecule has 13 nitrogen and oxygen atoms in total. The number of methoxy groups -OCH3 is 2. The third kappa shape index (κ3) is 9.91. The van der Waals surface area contributed by atoms with E-state index >= 15 is 0 Å². The van der Waals surface area contributed by atoms with Gasteiger partial charge in [0.25, 0.3) is 5.91 Å². The van der Waals surface area contributed by atoms with E-state index in [1.165, 1.54) is 0 Å². The minimum Gasteiger partial charge on any atom is -0.493 e. The van der Waals surface area contributed by atoms with Crippen molar-refractivity contribution in [2.45, 2.75) is 84.5 Å². The SMILES string of the molecule is COc1cc(-c2cc(-c3cc(CO)c(CO)c(CO)c3)no2)cc(OC)c1OCCCCCCCCCOc1ccc(C2NC(=O)c3cc(C)ccc3N2)cc1CO. The van der Waals surface area contributed by atoms with Crippen LogP contribution in [0, 0.1) is 6.92 Å². The number of carbonyl (C=O) groups is 1. The molecular formula is C45H53N3O10. The highest BCUT2D eigenvalue weighted by molar-refractivity contribution is 6.01. The first-order chi connectivity index (χ1) is 28.3. The quantitative estimate of drug-likeness (QED) is 0.0407. The van der Waals surface area contributed by atoms with Crippen molar-refractivity contribution in [3.63, 3.8) is 0 Å². The normalized spacial score (nSPS) is 13.4. The van der Waals surface area contributed by atoms with E-state index in [1.54, 1.807) is 44.6 Å². The summed E-state index contributed by atoms with van der Waals surface area (Å²) in [5.74, 6) is 2.47. The second-order valence-corrected chi connectivity index (χ2v) is 14.3. The van der Waals surface area contributed by atoms with Crippen LogP contribution in [0.2, 0.25) is 0 Å². The van der Waals surface area contributed by atoms with Crippen molar-refractivity contribution in [1.29, 1.82) is 0 Å². The van der Waals surface area contributed by atoms with E-state index in [2.05, 4.69) is 15.8 Å². The van der Waals surface area contributed by atoms with Crippen molar-refractivity contribution >= 4 is 11.6 Å². The Bertz CT molecular complexity index is 2120. The lowest BCUT2D eigenvalue weighted by molar-refractivity contribution is 0.0935. The van der Waals surface area contributed by atoms with E-state index in [0.29, 0.717) is 86.6 Å². The average Bonchev–Trinajstić information content (AvgIpc) is 3.75. The number of ether oxygens (including phenoxy) is 4. The van der Waals surface area contributed by atoms with Gasteiger partial charge in [-0.1, -0.05) is 55.0 Å². The van der Waals surface area contributed by atoms with Crippen molar-refractivity contribution in [1.82, 2.24) is 10.5 Å². The van der Waals surface area contributed by atoms with Gasteiger partial charge in [-0.05, 0) is 90.6 Å². The molecule has 0 aliphatic carbocycles. The number of hydrogen-bond donors (Lipinski definition) is 6. The Balaban J connectivity index is 0.916. The molecule has 1 atom stereocenters. The van der Waals surface area contributed by atoms with Crippen LogP contribution < -0.4 is 29.6 Å². The number of hydrogen-bond acceptors (Lipinski definition) is 12. The molecule has 0 saturated carbocycles. The summed E-state index contributed by atoms with van der Waals surface area (Å²) in [5, 5.41) is 50.0. The lowest BCUT2D eigenvalue weighted by Crippen LogP contribution is -2.38. The van der Waals surface area contributed by atoms with Gasteiger partial charge in [0.15, 0.2) is 17.3 Å². The number of carbonyl (C=O) groups excluding carboxylic acids is 1. The van der Waals surface area contributed by atoms with Crippen LogP contribution in [-0.2, 0) is 26.4 Å². The van der Waals surface area contributed by atoms with Crippen molar-refractivity contribution < 1.29 is 48.7 Å². The number of aliphatic hydroxyl groups is 4. The van der Waals surface area contributed by atoms with Crippen molar-refractivity contribution in [3.8, 4) is 45.6 Å². The number of anilines is 1. The van der Waals surface area contributed by atoms with Gasteiger partial charge < -0.3 is 54.5 Å². The molecule has 2 heterocycles. The lowest BCUT2D eigenvalue weighted by atomic mass is 9.97. The monoisotopic (exact) mass is 795 g/mol. The smallest absolute Gasteiger partial charge is 0.255 e. The summed E-state index contributed by atoms with van der Waals surface area (Å²) in [4.78, 5) is 12.7. The number of unbranched alkanes of at least 4 members (excludes halogenated alkanes) is 6. The maximum absolute atomic E-state index is 12.7. The van der Waals surface area contributed by atoms with Gasteiger partial charge in [-0.25, -0.2) is 0 Å². The molecule has 0 bridgehead atoms. The second kappa shape index (κ2) is 20.2. The number of aryl methyl sites for hydroxylation is 1. The Morgan fingerprint density at radius 3 is 1.91 bits per heavy atom. The maximum atomic E-state index is 12.7. The van der Waals surface area contributed by atoms with Gasteiger partial charge in [-0.2, -0.15) is 0 Å². The standard InChI is InChI=1S/C45H53N3O10/c1-28-11-13-37-35(17-28)45(53)47-44(46-37)29-12-14-39(34(18-29)26-51)56-15-9-7-5-4-6-8-10-16-57-43-41(54-2)21-31(22-42(43)55-3)40-23-38(48-58-40)30-19-32(24-49)36(27-52)33(20-30)25-50/h11-14,17-23,44,46,49-52H,4-10,15-16,24-27H2,1-3H3,(H,47,53). The molecule has 4 aromatic carbocycles. The summed E-state index contributed by atoms with van der Waals surface area (Å²) in [5.41, 5.74) is 7.26. The summed E-state index contributed by atoms with van der Waals surface area (Å²) < 4.78 is 29.2. The molecular weight excluding hydrogens is 743 g/mol. The molecule has 1 unspecified atom stereocenters. The number of rotatable bonds is 21. The third-order valence-corrected chi connectivity index (χ3v) is 10.4. The highest BCUT2D eigenvalue weighted by atomic mass is 16.5. The molecule has 0 spiro atoms. The molecule has 0 fully saturated rings. The van der Waals surface area contributed by atoms with Crippen LogP contribution in [0.1, 0.15) is 94.9 Å². The van der Waals surface area contributed by atoms with Gasteiger partial charge in [0.1, 0.15) is 17.6 Å². The lowest BCUT2D eigenvalue weighted by Gasteiger charge is -2.29. The molecule has 6 N–H and O–H groups in total. The molecule has 6 rings (SSSR count). The largest absolute Gasteiger partial charge is 0.493 e. The van der Waals surface area contributed by atoms with E-state index < -0.39 is 6.17 Å². The number of benzene rings is 4. The number of aromatic nitrogens is 1. The van der Waals surface area contributed by atoms with E-state index in [-0.39, 0.29) is 32.3 Å². The van der Waals surface area contributed by atoms with Crippen molar-refractivity contribution in [3.05, 3.63) is 106 Å². The van der Waals surface area contributed by atoms with Crippen LogP contribution in [-0.4, -0.2) is 58.9 Å². The van der Waals surface area contributed by atoms with Gasteiger partial charge >= 0.3 is 0 Å². The summed E-state index contributed by atoms with van der Waals surface area (Å²) in [6.07, 6.45) is 6.71. The fraction of sp³-hybridized carbons (Fsp3) is 0.378. The Labute approximate surface area is 338 Å². The minimum atomic E-state index is -0.400. The van der Waals surface area contributed by atoms with Crippen LogP contribution in [0.5, 0.6) is 23.0 Å². The van der Waals surface area contributed by atoms with Crippen molar-refractivity contribution in [2.75, 3.05) is 32.8 Å². The van der Waals surface area contributed by atoms with Gasteiger partial charge in [0, 0.05) is 28.4 Å². The van der Waals surface area contributed by atoms with E-state index in [9.17, 15) is 25.2 Å². The fourth-order valence-electron chi connectivity index (χ4n) is 7.17. The Kier molecular flexibility index (Phi) is 14.6. The Morgan fingerprint density at radius 2 is 1.29 bits per heavy atom. The van der Waals surface area contributed by atoms with Gasteiger partial charge in [-0.3, -0.25) is 4.79 Å². The summed E-state index contributed by atoms with van der Waals surface area (Å²) in [7, 11) is 3.13. The summed E-state index contributed by atoms with van der Waals surface area (Å²) in [6.45, 7) is 1.97. The predicted octanol–water partition coefficient (Wildman–Crippen LogP) is 7.35. The average molecular weight is 796 g/mol. The zero-order valence-electron chi connectivity index (χ0n) is 33.3. The second-order valence-electron chi connectivity index (χ2n) is 14.3. The zero-order valence-corrected chi connectivity index (χ0v) is 33.3. The topological polar surface area (TPSA) is 185 Å². The van der Waals surface area contributed by atoms with Gasteiger partial charge in [-0.15, -0.1) is 0 Å². The first-order valence-electron chi connectivity index (χ1n) is 19.7. The van der Waals surface area contributed by atoms with Gasteiger partial charge in [0.05, 0.1) is 59.4 Å². The number of nitrogens with zero attached hydrogens (tertiary/aromatic N) is 1. The van der Waals surface area contributed by atoms with Crippen molar-refractivity contribution in [2.24, 2.45) is 0 Å². The van der Waals surface area contributed by atoms with Crippen LogP contribution >= 0.6 is 0 Å². The molecule has 1 aromatic heterocycles. The highest BCUT2D eigenvalue weighted by Crippen LogP contribution is 2.42. The molecule has 0 radical (unpaired) electrons. The Hall–Kier alpha value is -5.60. The van der Waals surface area contributed by atoms with E-state index in [0.717, 1.165) is 61.8 Å². The molecule has 0 saturated heterocycles. The number of aliphatic hydroxyl groups excluding tert-OH is 4. The molecule has 5 aromatic rings. The van der Waals surface area contributed by atoms with Crippen LogP contribution in [0.4, 0.5) is 5.69 Å². The number of fused-ring (bicyclic) bond motifs is 1. The first kappa shape index (κ1) is 42.0. The summed E-state index contributed by atoms with van der Waals surface area (Å²) >= 11 is 0. The molecule has 1 amide bonds.